The Morgan fingerprint density at radius 2 is 2.29 bits per heavy atom. The van der Waals surface area contributed by atoms with Crippen molar-refractivity contribution in [1.29, 1.82) is 0 Å². The lowest BCUT2D eigenvalue weighted by atomic mass is 9.82. The van der Waals surface area contributed by atoms with Gasteiger partial charge in [0.15, 0.2) is 0 Å². The number of carbonyl (C=O) groups excluding carboxylic acids is 1. The van der Waals surface area contributed by atoms with Crippen LogP contribution in [0.1, 0.15) is 33.1 Å². The fourth-order valence-electron chi connectivity index (χ4n) is 3.61. The number of rotatable bonds is 5. The molecule has 3 N–H and O–H groups in total. The van der Waals surface area contributed by atoms with Crippen molar-refractivity contribution < 1.29 is 9.39 Å². The van der Waals surface area contributed by atoms with Crippen LogP contribution in [0, 0.1) is 5.92 Å². The van der Waals surface area contributed by atoms with Gasteiger partial charge in [-0.25, -0.2) is 0 Å². The van der Waals surface area contributed by atoms with Crippen molar-refractivity contribution >= 4 is 12.1 Å². The van der Waals surface area contributed by atoms with E-state index in [1.54, 1.807) is 6.21 Å². The molecule has 0 aromatic carbocycles. The Kier molecular flexibility index (Phi) is 3.50. The van der Waals surface area contributed by atoms with Gasteiger partial charge in [0.25, 0.3) is 5.91 Å². The Hall–Kier alpha value is -1.46. The van der Waals surface area contributed by atoms with Crippen LogP contribution < -0.4 is 11.1 Å². The zero-order valence-corrected chi connectivity index (χ0v) is 12.9. The summed E-state index contributed by atoms with van der Waals surface area (Å²) in [4.78, 5) is 12.6. The van der Waals surface area contributed by atoms with Crippen LogP contribution in [0.4, 0.5) is 0 Å². The molecule has 1 aliphatic carbocycles. The quantitative estimate of drug-likeness (QED) is 0.749. The van der Waals surface area contributed by atoms with Crippen molar-refractivity contribution in [2.75, 3.05) is 19.6 Å². The summed E-state index contributed by atoms with van der Waals surface area (Å²) in [6, 6.07) is 0. The molecule has 0 aromatic heterocycles. The molecule has 21 heavy (non-hydrogen) atoms. The van der Waals surface area contributed by atoms with Gasteiger partial charge in [-0.1, -0.05) is 10.7 Å². The van der Waals surface area contributed by atoms with Crippen LogP contribution in [0.25, 0.3) is 0 Å². The topological polar surface area (TPSA) is 67.5 Å². The number of hydrogen-bond donors (Lipinski definition) is 2. The third-order valence-corrected chi connectivity index (χ3v) is 4.99. The van der Waals surface area contributed by atoms with E-state index in [0.717, 1.165) is 18.5 Å². The second kappa shape index (κ2) is 5.07. The summed E-state index contributed by atoms with van der Waals surface area (Å²) in [6.07, 6.45) is 9.17. The summed E-state index contributed by atoms with van der Waals surface area (Å²) in [7, 11) is 0. The van der Waals surface area contributed by atoms with E-state index in [9.17, 15) is 4.79 Å². The van der Waals surface area contributed by atoms with E-state index in [1.807, 2.05) is 12.3 Å². The molecule has 0 saturated heterocycles. The first kappa shape index (κ1) is 14.5. The van der Waals surface area contributed by atoms with Crippen LogP contribution in [-0.4, -0.2) is 41.9 Å². The number of nitrogens with zero attached hydrogens (tertiary/aromatic N) is 2. The standard InChI is InChI=1S/C16H24N4O/c1-12-10-16(2,13-4-5-13)19-15(21)14(12)11-20(9-6-17)8-3-7-18-20/h3,7-8,13H,4-6,9-11,17H2,1-2H3/p+1. The van der Waals surface area contributed by atoms with Crippen molar-refractivity contribution in [2.24, 2.45) is 16.8 Å². The normalized spacial score (nSPS) is 35.5. The average Bonchev–Trinajstić information content (AvgIpc) is 3.18. The molecule has 3 rings (SSSR count). The van der Waals surface area contributed by atoms with Crippen molar-refractivity contribution in [3.63, 3.8) is 0 Å². The summed E-state index contributed by atoms with van der Waals surface area (Å²) < 4.78 is 0.413. The highest BCUT2D eigenvalue weighted by Gasteiger charge is 2.46. The highest BCUT2D eigenvalue weighted by Crippen LogP contribution is 2.44. The van der Waals surface area contributed by atoms with E-state index >= 15 is 0 Å². The summed E-state index contributed by atoms with van der Waals surface area (Å²) >= 11 is 0. The van der Waals surface area contributed by atoms with Gasteiger partial charge in [0.05, 0.1) is 11.8 Å². The van der Waals surface area contributed by atoms with Crippen LogP contribution >= 0.6 is 0 Å². The molecule has 1 fully saturated rings. The molecular weight excluding hydrogens is 264 g/mol. The molecule has 2 atom stereocenters. The zero-order chi connectivity index (χ0) is 15.1. The van der Waals surface area contributed by atoms with Crippen molar-refractivity contribution in [1.82, 2.24) is 5.32 Å². The third kappa shape index (κ3) is 2.68. The Morgan fingerprint density at radius 1 is 1.52 bits per heavy atom. The first-order valence-corrected chi connectivity index (χ1v) is 7.79. The van der Waals surface area contributed by atoms with Gasteiger partial charge in [-0.15, -0.1) is 0 Å². The molecule has 0 bridgehead atoms. The van der Waals surface area contributed by atoms with Crippen molar-refractivity contribution in [3.05, 3.63) is 23.4 Å². The van der Waals surface area contributed by atoms with E-state index < -0.39 is 0 Å². The van der Waals surface area contributed by atoms with Gasteiger partial charge in [0, 0.05) is 18.2 Å². The van der Waals surface area contributed by atoms with E-state index in [-0.39, 0.29) is 11.4 Å². The lowest BCUT2D eigenvalue weighted by molar-refractivity contribution is -0.877. The summed E-state index contributed by atoms with van der Waals surface area (Å²) in [6.45, 7) is 6.15. The van der Waals surface area contributed by atoms with Crippen LogP contribution in [0.5, 0.6) is 0 Å². The maximum atomic E-state index is 12.6. The van der Waals surface area contributed by atoms with Crippen LogP contribution in [0.2, 0.25) is 0 Å². The first-order chi connectivity index (χ1) is 9.98. The fraction of sp³-hybridized carbons (Fsp3) is 0.625. The van der Waals surface area contributed by atoms with Gasteiger partial charge in [-0.2, -0.15) is 4.59 Å². The second-order valence-electron chi connectivity index (χ2n) is 6.85. The molecule has 5 nitrogen and oxygen atoms in total. The molecule has 0 aromatic rings. The maximum Gasteiger partial charge on any atom is 0.253 e. The number of allylic oxidation sites excluding steroid dienone is 1. The lowest BCUT2D eigenvalue weighted by Gasteiger charge is -2.38. The second-order valence-corrected chi connectivity index (χ2v) is 6.85. The predicted octanol–water partition coefficient (Wildman–Crippen LogP) is 1.28. The van der Waals surface area contributed by atoms with E-state index in [4.69, 9.17) is 5.73 Å². The van der Waals surface area contributed by atoms with Gasteiger partial charge >= 0.3 is 0 Å². The fourth-order valence-corrected chi connectivity index (χ4v) is 3.61. The van der Waals surface area contributed by atoms with Crippen LogP contribution in [-0.2, 0) is 4.79 Å². The molecule has 0 spiro atoms. The predicted molar refractivity (Wildman–Crippen MR) is 83.3 cm³/mol. The van der Waals surface area contributed by atoms with E-state index in [2.05, 4.69) is 24.3 Å². The highest BCUT2D eigenvalue weighted by molar-refractivity contribution is 5.96. The Balaban J connectivity index is 1.82. The Bertz CT molecular complexity index is 532. The number of amides is 1. The Morgan fingerprint density at radius 3 is 2.81 bits per heavy atom. The van der Waals surface area contributed by atoms with Crippen molar-refractivity contribution in [2.45, 2.75) is 38.6 Å². The summed E-state index contributed by atoms with van der Waals surface area (Å²) in [5.74, 6) is 0.730. The molecule has 0 radical (unpaired) electrons. The van der Waals surface area contributed by atoms with Gasteiger partial charge < -0.3 is 11.1 Å². The van der Waals surface area contributed by atoms with Gasteiger partial charge in [0.2, 0.25) is 0 Å². The average molecular weight is 289 g/mol. The van der Waals surface area contributed by atoms with Gasteiger partial charge in [0.1, 0.15) is 19.3 Å². The van der Waals surface area contributed by atoms with Gasteiger partial charge in [-0.05, 0) is 39.0 Å². The number of quaternary nitrogens is 1. The monoisotopic (exact) mass is 289 g/mol. The molecule has 2 aliphatic heterocycles. The zero-order valence-electron chi connectivity index (χ0n) is 12.9. The maximum absolute atomic E-state index is 12.6. The minimum absolute atomic E-state index is 0.0481. The first-order valence-electron chi connectivity index (χ1n) is 7.79. The number of nitrogens with one attached hydrogen (secondary N) is 1. The van der Waals surface area contributed by atoms with Crippen LogP contribution in [0.15, 0.2) is 28.5 Å². The van der Waals surface area contributed by atoms with Crippen molar-refractivity contribution in [3.8, 4) is 0 Å². The highest BCUT2D eigenvalue weighted by atomic mass is 16.2. The summed E-state index contributed by atoms with van der Waals surface area (Å²) in [5.41, 5.74) is 7.76. The minimum Gasteiger partial charge on any atom is -0.346 e. The Labute approximate surface area is 126 Å². The number of carbonyl (C=O) groups is 1. The number of nitrogens with two attached hydrogens (primary N) is 1. The van der Waals surface area contributed by atoms with E-state index in [1.165, 1.54) is 18.4 Å². The largest absolute Gasteiger partial charge is 0.346 e. The van der Waals surface area contributed by atoms with E-state index in [0.29, 0.717) is 23.6 Å². The number of hydrogen-bond acceptors (Lipinski definition) is 3. The lowest BCUT2D eigenvalue weighted by Crippen LogP contribution is -2.54. The summed E-state index contributed by atoms with van der Waals surface area (Å²) in [5, 5.41) is 7.77. The SMILES string of the molecule is CC1=C(C[N+]2(CCN)C=CC=N2)C(=O)NC(C)(C2CC2)C1. The smallest absolute Gasteiger partial charge is 0.253 e. The molecule has 3 aliphatic rings. The van der Waals surface area contributed by atoms with Gasteiger partial charge in [-0.3, -0.25) is 4.79 Å². The molecule has 2 heterocycles. The molecular formula is C16H25N4O+. The molecule has 1 saturated carbocycles. The third-order valence-electron chi connectivity index (χ3n) is 4.99. The van der Waals surface area contributed by atoms with Crippen LogP contribution in [0.3, 0.4) is 0 Å². The molecule has 2 unspecified atom stereocenters. The minimum atomic E-state index is -0.0481. The molecule has 114 valence electrons. The molecule has 5 heteroatoms. The molecule has 1 amide bonds.